The van der Waals surface area contributed by atoms with E-state index in [0.717, 1.165) is 27.1 Å². The fraction of sp³-hybridized carbons (Fsp3) is 0.267. The summed E-state index contributed by atoms with van der Waals surface area (Å²) in [6.07, 6.45) is 4.24. The summed E-state index contributed by atoms with van der Waals surface area (Å²) in [6.45, 7) is 0. The minimum atomic E-state index is -0.184. The molecule has 0 spiro atoms. The Morgan fingerprint density at radius 3 is 2.65 bits per heavy atom. The third kappa shape index (κ3) is 3.49. The molecule has 20 heavy (non-hydrogen) atoms. The first-order valence-corrected chi connectivity index (χ1v) is 7.00. The molecule has 0 aliphatic carbocycles. The maximum Gasteiger partial charge on any atom is 0.123 e. The summed E-state index contributed by atoms with van der Waals surface area (Å²) in [4.78, 5) is 4.15. The molecule has 0 bridgehead atoms. The Morgan fingerprint density at radius 2 is 2.00 bits per heavy atom. The Labute approximate surface area is 127 Å². The molecule has 0 radical (unpaired) electrons. The van der Waals surface area contributed by atoms with Crippen LogP contribution in [-0.4, -0.2) is 19.2 Å². The smallest absolute Gasteiger partial charge is 0.123 e. The molecule has 2 N–H and O–H groups in total. The lowest BCUT2D eigenvalue weighted by molar-refractivity contribution is 0.395. The molecule has 2 rings (SSSR count). The fourth-order valence-corrected chi connectivity index (χ4v) is 2.47. The maximum absolute atomic E-state index is 6.30. The summed E-state index contributed by atoms with van der Waals surface area (Å²) in [5, 5.41) is 0. The quantitative estimate of drug-likeness (QED) is 0.911. The number of aromatic nitrogens is 1. The number of benzene rings is 1. The Morgan fingerprint density at radius 1 is 1.20 bits per heavy atom. The highest BCUT2D eigenvalue weighted by Crippen LogP contribution is 2.30. The van der Waals surface area contributed by atoms with Crippen molar-refractivity contribution in [1.82, 2.24) is 4.98 Å². The van der Waals surface area contributed by atoms with Crippen molar-refractivity contribution in [1.29, 1.82) is 0 Å². The molecule has 1 heterocycles. The topological polar surface area (TPSA) is 57.4 Å². The zero-order valence-corrected chi connectivity index (χ0v) is 13.1. The zero-order chi connectivity index (χ0) is 14.5. The number of nitrogens with zero attached hydrogens (tertiary/aromatic N) is 1. The van der Waals surface area contributed by atoms with Gasteiger partial charge in [-0.15, -0.1) is 0 Å². The molecule has 0 aliphatic heterocycles. The normalized spacial score (nSPS) is 12.0. The van der Waals surface area contributed by atoms with Gasteiger partial charge in [0.2, 0.25) is 0 Å². The summed E-state index contributed by atoms with van der Waals surface area (Å²) in [7, 11) is 3.27. The number of nitrogens with two attached hydrogens (primary N) is 1. The van der Waals surface area contributed by atoms with Gasteiger partial charge < -0.3 is 15.2 Å². The standard InChI is InChI=1S/C15H17BrN2O2/c1-19-12-3-4-15(20-2)13(7-12)14(17)6-10-5-11(16)9-18-8-10/h3-5,7-9,14H,6,17H2,1-2H3. The number of hydrogen-bond acceptors (Lipinski definition) is 4. The van der Waals surface area contributed by atoms with Gasteiger partial charge in [0.25, 0.3) is 0 Å². The highest BCUT2D eigenvalue weighted by atomic mass is 79.9. The van der Waals surface area contributed by atoms with E-state index in [-0.39, 0.29) is 6.04 Å². The molecule has 1 atom stereocenters. The van der Waals surface area contributed by atoms with E-state index < -0.39 is 0 Å². The van der Waals surface area contributed by atoms with Crippen LogP contribution in [0.1, 0.15) is 17.2 Å². The molecule has 106 valence electrons. The average molecular weight is 337 g/mol. The molecule has 0 saturated carbocycles. The average Bonchev–Trinajstić information content (AvgIpc) is 2.46. The maximum atomic E-state index is 6.30. The lowest BCUT2D eigenvalue weighted by atomic mass is 9.99. The second-order valence-electron chi connectivity index (χ2n) is 4.43. The highest BCUT2D eigenvalue weighted by molar-refractivity contribution is 9.10. The minimum Gasteiger partial charge on any atom is -0.497 e. The second kappa shape index (κ2) is 6.72. The van der Waals surface area contributed by atoms with Crippen LogP contribution in [0.2, 0.25) is 0 Å². The van der Waals surface area contributed by atoms with E-state index in [9.17, 15) is 0 Å². The molecular weight excluding hydrogens is 320 g/mol. The minimum absolute atomic E-state index is 0.184. The number of hydrogen-bond donors (Lipinski definition) is 1. The SMILES string of the molecule is COc1ccc(OC)c(C(N)Cc2cncc(Br)c2)c1. The van der Waals surface area contributed by atoms with Crippen molar-refractivity contribution in [3.8, 4) is 11.5 Å². The molecule has 5 heteroatoms. The van der Waals surface area contributed by atoms with Crippen LogP contribution in [0, 0.1) is 0 Å². The van der Waals surface area contributed by atoms with Gasteiger partial charge in [0.15, 0.2) is 0 Å². The van der Waals surface area contributed by atoms with Crippen LogP contribution in [0.25, 0.3) is 0 Å². The van der Waals surface area contributed by atoms with Gasteiger partial charge >= 0.3 is 0 Å². The van der Waals surface area contributed by atoms with E-state index in [1.54, 1.807) is 20.4 Å². The molecule has 4 nitrogen and oxygen atoms in total. The summed E-state index contributed by atoms with van der Waals surface area (Å²) in [5.41, 5.74) is 8.29. The third-order valence-electron chi connectivity index (χ3n) is 3.05. The molecular formula is C15H17BrN2O2. The van der Waals surface area contributed by atoms with Crippen LogP contribution < -0.4 is 15.2 Å². The molecule has 0 saturated heterocycles. The number of pyridine rings is 1. The van der Waals surface area contributed by atoms with Crippen LogP contribution >= 0.6 is 15.9 Å². The third-order valence-corrected chi connectivity index (χ3v) is 3.49. The van der Waals surface area contributed by atoms with Crippen LogP contribution in [0.3, 0.4) is 0 Å². The van der Waals surface area contributed by atoms with Gasteiger partial charge in [-0.25, -0.2) is 0 Å². The predicted octanol–water partition coefficient (Wildman–Crippen LogP) is 3.10. The van der Waals surface area contributed by atoms with Crippen LogP contribution in [0.5, 0.6) is 11.5 Å². The van der Waals surface area contributed by atoms with E-state index in [1.807, 2.05) is 30.5 Å². The Hall–Kier alpha value is -1.59. The first-order chi connectivity index (χ1) is 9.63. The van der Waals surface area contributed by atoms with E-state index in [1.165, 1.54) is 0 Å². The van der Waals surface area contributed by atoms with Crippen LogP contribution in [-0.2, 0) is 6.42 Å². The number of rotatable bonds is 5. The Balaban J connectivity index is 2.25. The number of ether oxygens (including phenoxy) is 2. The molecule has 0 amide bonds. The summed E-state index contributed by atoms with van der Waals surface area (Å²) in [5.74, 6) is 1.53. The Kier molecular flexibility index (Phi) is 4.98. The van der Waals surface area contributed by atoms with E-state index in [0.29, 0.717) is 6.42 Å². The van der Waals surface area contributed by atoms with Gasteiger partial charge in [0, 0.05) is 28.5 Å². The predicted molar refractivity (Wildman–Crippen MR) is 82.1 cm³/mol. The van der Waals surface area contributed by atoms with Gasteiger partial charge in [0.05, 0.1) is 14.2 Å². The van der Waals surface area contributed by atoms with Gasteiger partial charge in [0.1, 0.15) is 11.5 Å². The second-order valence-corrected chi connectivity index (χ2v) is 5.35. The summed E-state index contributed by atoms with van der Waals surface area (Å²) < 4.78 is 11.6. The zero-order valence-electron chi connectivity index (χ0n) is 11.5. The van der Waals surface area contributed by atoms with E-state index in [2.05, 4.69) is 20.9 Å². The first kappa shape index (κ1) is 14.8. The van der Waals surface area contributed by atoms with Gasteiger partial charge in [-0.1, -0.05) is 0 Å². The van der Waals surface area contributed by atoms with Crippen molar-refractivity contribution >= 4 is 15.9 Å². The van der Waals surface area contributed by atoms with Crippen molar-refractivity contribution in [3.63, 3.8) is 0 Å². The van der Waals surface area contributed by atoms with Crippen molar-refractivity contribution in [2.24, 2.45) is 5.73 Å². The fourth-order valence-electron chi connectivity index (χ4n) is 2.06. The van der Waals surface area contributed by atoms with Gasteiger partial charge in [-0.05, 0) is 52.2 Å². The first-order valence-electron chi connectivity index (χ1n) is 6.21. The molecule has 2 aromatic rings. The van der Waals surface area contributed by atoms with Crippen molar-refractivity contribution in [2.75, 3.05) is 14.2 Å². The highest BCUT2D eigenvalue weighted by Gasteiger charge is 2.14. The van der Waals surface area contributed by atoms with E-state index >= 15 is 0 Å². The molecule has 1 aromatic heterocycles. The van der Waals surface area contributed by atoms with Crippen molar-refractivity contribution < 1.29 is 9.47 Å². The molecule has 0 aliphatic rings. The van der Waals surface area contributed by atoms with Gasteiger partial charge in [-0.2, -0.15) is 0 Å². The monoisotopic (exact) mass is 336 g/mol. The van der Waals surface area contributed by atoms with Crippen molar-refractivity contribution in [3.05, 3.63) is 52.3 Å². The molecule has 0 fully saturated rings. The lowest BCUT2D eigenvalue weighted by Crippen LogP contribution is -2.14. The lowest BCUT2D eigenvalue weighted by Gasteiger charge is -2.17. The van der Waals surface area contributed by atoms with Crippen molar-refractivity contribution in [2.45, 2.75) is 12.5 Å². The largest absolute Gasteiger partial charge is 0.497 e. The summed E-state index contributed by atoms with van der Waals surface area (Å²) in [6, 6.07) is 7.47. The van der Waals surface area contributed by atoms with Crippen LogP contribution in [0.15, 0.2) is 41.1 Å². The van der Waals surface area contributed by atoms with E-state index in [4.69, 9.17) is 15.2 Å². The van der Waals surface area contributed by atoms with Gasteiger partial charge in [-0.3, -0.25) is 4.98 Å². The van der Waals surface area contributed by atoms with Crippen LogP contribution in [0.4, 0.5) is 0 Å². The summed E-state index contributed by atoms with van der Waals surface area (Å²) >= 11 is 3.41. The Bertz CT molecular complexity index is 590. The molecule has 1 unspecified atom stereocenters. The number of methoxy groups -OCH3 is 2. The molecule has 1 aromatic carbocycles. The number of halogens is 1.